The number of carbonyl (C=O) groups is 3. The molecule has 2 aliphatic heterocycles. The van der Waals surface area contributed by atoms with Crippen molar-refractivity contribution in [2.45, 2.75) is 55.4 Å². The van der Waals surface area contributed by atoms with Crippen LogP contribution in [0.5, 0.6) is 0 Å². The quantitative estimate of drug-likeness (QED) is 0.359. The van der Waals surface area contributed by atoms with Crippen molar-refractivity contribution in [2.75, 3.05) is 46.2 Å². The third-order valence-electron chi connectivity index (χ3n) is 9.00. The highest BCUT2D eigenvalue weighted by molar-refractivity contribution is 7.85. The molecule has 5 rings (SSSR count). The Morgan fingerprint density at radius 3 is 2.00 bits per heavy atom. The molecule has 12 heteroatoms. The Balaban J connectivity index is 1.54. The number of methoxy groups -OCH3 is 2. The molecule has 3 aliphatic rings. The van der Waals surface area contributed by atoms with Gasteiger partial charge in [-0.25, -0.2) is 9.59 Å². The minimum absolute atomic E-state index is 0.0134. The van der Waals surface area contributed by atoms with Crippen LogP contribution in [0.1, 0.15) is 50.0 Å². The molecule has 0 radical (unpaired) electrons. The maximum absolute atomic E-state index is 13.9. The van der Waals surface area contributed by atoms with Crippen molar-refractivity contribution in [3.05, 3.63) is 86.7 Å². The average molecular weight is 689 g/mol. The van der Waals surface area contributed by atoms with E-state index >= 15 is 0 Å². The number of halogens is 2. The highest BCUT2D eigenvalue weighted by Gasteiger charge is 2.42. The third-order valence-corrected chi connectivity index (χ3v) is 11.0. The van der Waals surface area contributed by atoms with E-state index in [1.165, 1.54) is 46.3 Å². The Morgan fingerprint density at radius 1 is 0.826 bits per heavy atom. The van der Waals surface area contributed by atoms with Gasteiger partial charge < -0.3 is 19.7 Å². The third kappa shape index (κ3) is 7.51. The zero-order chi connectivity index (χ0) is 32.8. The predicted octanol–water partition coefficient (Wildman–Crippen LogP) is 5.21. The molecule has 2 atom stereocenters. The highest BCUT2D eigenvalue weighted by atomic mass is 35.5. The van der Waals surface area contributed by atoms with Gasteiger partial charge in [0, 0.05) is 64.1 Å². The van der Waals surface area contributed by atoms with E-state index in [0.29, 0.717) is 24.0 Å². The fourth-order valence-corrected chi connectivity index (χ4v) is 8.41. The molecule has 1 saturated carbocycles. The average Bonchev–Trinajstić information content (AvgIpc) is 3.08. The molecular formula is C34H39Cl2N3O6S. The lowest BCUT2D eigenvalue weighted by Crippen LogP contribution is -2.52. The molecule has 1 aliphatic carbocycles. The number of hydrogen-bond acceptors (Lipinski definition) is 8. The van der Waals surface area contributed by atoms with Crippen LogP contribution in [0.3, 0.4) is 0 Å². The van der Waals surface area contributed by atoms with E-state index in [1.807, 2.05) is 11.0 Å². The molecule has 2 aromatic rings. The molecule has 2 fully saturated rings. The monoisotopic (exact) mass is 687 g/mol. The van der Waals surface area contributed by atoms with Gasteiger partial charge in [-0.2, -0.15) is 0 Å². The number of rotatable bonds is 9. The summed E-state index contributed by atoms with van der Waals surface area (Å²) in [6, 6.07) is 14.3. The fourth-order valence-electron chi connectivity index (χ4n) is 6.67. The van der Waals surface area contributed by atoms with Gasteiger partial charge in [0.15, 0.2) is 0 Å². The van der Waals surface area contributed by atoms with Gasteiger partial charge in [-0.15, -0.1) is 0 Å². The van der Waals surface area contributed by atoms with Gasteiger partial charge in [-0.3, -0.25) is 13.9 Å². The SMILES string of the molecule is COC(=O)C1=C(CC(=O)N2CCN(C3CCCCC3)CC2)NC(CS(=O)c2ccccc2)=C(C(=O)OC)C1c1c(Cl)cccc1Cl. The number of dihydropyridines is 1. The highest BCUT2D eigenvalue weighted by Crippen LogP contribution is 2.45. The Kier molecular flexibility index (Phi) is 11.6. The van der Waals surface area contributed by atoms with Gasteiger partial charge in [0.2, 0.25) is 5.91 Å². The zero-order valence-corrected chi connectivity index (χ0v) is 28.4. The Hall–Kier alpha value is -3.18. The van der Waals surface area contributed by atoms with Crippen molar-refractivity contribution in [2.24, 2.45) is 0 Å². The summed E-state index contributed by atoms with van der Waals surface area (Å²) >= 11 is 13.4. The van der Waals surface area contributed by atoms with Crippen molar-refractivity contribution in [3.8, 4) is 0 Å². The van der Waals surface area contributed by atoms with E-state index in [2.05, 4.69) is 10.2 Å². The van der Waals surface area contributed by atoms with Crippen molar-refractivity contribution in [1.82, 2.24) is 15.1 Å². The Labute approximate surface area is 282 Å². The minimum atomic E-state index is -1.60. The van der Waals surface area contributed by atoms with Crippen LogP contribution in [0.4, 0.5) is 0 Å². The number of nitrogens with zero attached hydrogens (tertiary/aromatic N) is 2. The molecule has 2 aromatic carbocycles. The lowest BCUT2D eigenvalue weighted by atomic mass is 9.79. The first-order valence-corrected chi connectivity index (χ1v) is 17.6. The second-order valence-corrected chi connectivity index (χ2v) is 13.9. The zero-order valence-electron chi connectivity index (χ0n) is 26.1. The summed E-state index contributed by atoms with van der Waals surface area (Å²) < 4.78 is 24.0. The van der Waals surface area contributed by atoms with E-state index in [-0.39, 0.29) is 56.2 Å². The molecular weight excluding hydrogens is 649 g/mol. The van der Waals surface area contributed by atoms with E-state index in [1.54, 1.807) is 42.5 Å². The molecule has 0 spiro atoms. The molecule has 46 heavy (non-hydrogen) atoms. The largest absolute Gasteiger partial charge is 0.466 e. The summed E-state index contributed by atoms with van der Waals surface area (Å²) in [4.78, 5) is 45.8. The summed E-state index contributed by atoms with van der Waals surface area (Å²) in [7, 11) is 0.852. The molecule has 2 heterocycles. The summed E-state index contributed by atoms with van der Waals surface area (Å²) in [5, 5.41) is 3.58. The number of ether oxygens (including phenoxy) is 2. The second-order valence-electron chi connectivity index (χ2n) is 11.6. The van der Waals surface area contributed by atoms with Crippen molar-refractivity contribution in [3.63, 3.8) is 0 Å². The van der Waals surface area contributed by atoms with Crippen LogP contribution in [-0.2, 0) is 34.7 Å². The van der Waals surface area contributed by atoms with Gasteiger partial charge in [0.1, 0.15) is 0 Å². The summed E-state index contributed by atoms with van der Waals surface area (Å²) in [5.74, 6) is -2.99. The van der Waals surface area contributed by atoms with Crippen LogP contribution in [-0.4, -0.2) is 84.0 Å². The predicted molar refractivity (Wildman–Crippen MR) is 178 cm³/mol. The number of esters is 2. The first-order chi connectivity index (χ1) is 22.2. The molecule has 1 saturated heterocycles. The number of hydrogen-bond donors (Lipinski definition) is 1. The normalized spacial score (nSPS) is 20.3. The summed E-state index contributed by atoms with van der Waals surface area (Å²) in [6.45, 7) is 2.73. The van der Waals surface area contributed by atoms with E-state index < -0.39 is 28.7 Å². The minimum Gasteiger partial charge on any atom is -0.466 e. The Bertz CT molecular complexity index is 1530. The molecule has 9 nitrogen and oxygen atoms in total. The van der Waals surface area contributed by atoms with E-state index in [9.17, 15) is 18.6 Å². The van der Waals surface area contributed by atoms with Crippen LogP contribution >= 0.6 is 23.2 Å². The molecule has 1 amide bonds. The summed E-state index contributed by atoms with van der Waals surface area (Å²) in [6.07, 6.45) is 5.99. The maximum Gasteiger partial charge on any atom is 0.336 e. The van der Waals surface area contributed by atoms with Gasteiger partial charge in [-0.1, -0.05) is 66.7 Å². The summed E-state index contributed by atoms with van der Waals surface area (Å²) in [5.41, 5.74) is 0.788. The van der Waals surface area contributed by atoms with Crippen LogP contribution in [0.15, 0.2) is 76.0 Å². The second kappa shape index (κ2) is 15.6. The molecule has 0 aromatic heterocycles. The maximum atomic E-state index is 13.9. The molecule has 246 valence electrons. The lowest BCUT2D eigenvalue weighted by molar-refractivity contribution is -0.137. The van der Waals surface area contributed by atoms with Crippen molar-refractivity contribution >= 4 is 51.8 Å². The van der Waals surface area contributed by atoms with E-state index in [4.69, 9.17) is 32.7 Å². The fraction of sp³-hybridized carbons (Fsp3) is 0.441. The molecule has 2 unspecified atom stereocenters. The number of amides is 1. The first kappa shape index (κ1) is 34.2. The standard InChI is InChI=1S/C34H39Cl2N3O6S/c1-44-33(41)30-26(20-28(40)39-18-16-38(17-19-39)22-10-5-3-6-11-22)37-27(21-46(43)23-12-7-4-8-13-23)31(34(42)45-2)32(30)29-24(35)14-9-15-25(29)36/h4,7-9,12-15,22,32,37H,3,5-6,10-11,16-21H2,1-2H3. The number of benzene rings is 2. The smallest absolute Gasteiger partial charge is 0.336 e. The molecule has 0 bridgehead atoms. The van der Waals surface area contributed by atoms with Crippen LogP contribution in [0.2, 0.25) is 10.0 Å². The van der Waals surface area contributed by atoms with Crippen molar-refractivity contribution < 1.29 is 28.1 Å². The lowest BCUT2D eigenvalue weighted by Gasteiger charge is -2.41. The molecule has 1 N–H and O–H groups in total. The van der Waals surface area contributed by atoms with Gasteiger partial charge in [0.25, 0.3) is 0 Å². The van der Waals surface area contributed by atoms with Crippen LogP contribution in [0, 0.1) is 0 Å². The number of nitrogens with one attached hydrogen (secondary N) is 1. The number of carbonyl (C=O) groups excluding carboxylic acids is 3. The first-order valence-electron chi connectivity index (χ1n) is 15.5. The topological polar surface area (TPSA) is 105 Å². The van der Waals surface area contributed by atoms with Crippen LogP contribution in [0.25, 0.3) is 0 Å². The van der Waals surface area contributed by atoms with Gasteiger partial charge in [-0.05, 0) is 37.1 Å². The Morgan fingerprint density at radius 2 is 1.41 bits per heavy atom. The van der Waals surface area contributed by atoms with Crippen LogP contribution < -0.4 is 5.32 Å². The van der Waals surface area contributed by atoms with Crippen molar-refractivity contribution in [1.29, 1.82) is 0 Å². The van der Waals surface area contributed by atoms with E-state index in [0.717, 1.165) is 13.1 Å². The van der Waals surface area contributed by atoms with Gasteiger partial charge in [0.05, 0.1) is 54.3 Å². The number of piperazine rings is 1. The van der Waals surface area contributed by atoms with Gasteiger partial charge >= 0.3 is 11.9 Å².